The number of hydrogen-bond donors (Lipinski definition) is 0. The van der Waals surface area contributed by atoms with Gasteiger partial charge in [0.2, 0.25) is 0 Å². The van der Waals surface area contributed by atoms with E-state index < -0.39 is 8.69 Å². The predicted molar refractivity (Wildman–Crippen MR) is 48.3 cm³/mol. The van der Waals surface area contributed by atoms with Crippen LogP contribution in [-0.2, 0) is 25.9 Å². The van der Waals surface area contributed by atoms with E-state index >= 15 is 0 Å². The molecule has 0 saturated carbocycles. The second-order valence-corrected chi connectivity index (χ2v) is 3.26. The summed E-state index contributed by atoms with van der Waals surface area (Å²) in [5.41, 5.74) is 0. The van der Waals surface area contributed by atoms with Gasteiger partial charge in [0.1, 0.15) is 6.10 Å². The maximum atomic E-state index is 10.0. The Morgan fingerprint density at radius 2 is 2.00 bits per heavy atom. The fraction of sp³-hybridized carbons (Fsp3) is 1.00. The van der Waals surface area contributed by atoms with Crippen molar-refractivity contribution in [3.05, 3.63) is 0 Å². The first kappa shape index (κ1) is 15.1. The van der Waals surface area contributed by atoms with Gasteiger partial charge in [0.05, 0.1) is 0 Å². The van der Waals surface area contributed by atoms with Crippen LogP contribution in [0.3, 0.4) is 0 Å². The van der Waals surface area contributed by atoms with E-state index in [4.69, 9.17) is 4.52 Å². The minimum absolute atomic E-state index is 0. The van der Waals surface area contributed by atoms with Crippen molar-refractivity contribution >= 4 is 8.69 Å². The molecule has 12 heavy (non-hydrogen) atoms. The summed E-state index contributed by atoms with van der Waals surface area (Å²) in [6, 6.07) is 0. The van der Waals surface area contributed by atoms with E-state index in [1.54, 1.807) is 0 Å². The maximum absolute atomic E-state index is 10.0. The van der Waals surface area contributed by atoms with Crippen LogP contribution in [0.15, 0.2) is 0 Å². The minimum Gasteiger partial charge on any atom is -0.145 e. The molecule has 2 atom stereocenters. The summed E-state index contributed by atoms with van der Waals surface area (Å²) >= 11 is 0. The number of rotatable bonds is 7. The van der Waals surface area contributed by atoms with Gasteiger partial charge in [-0.25, -0.2) is 0 Å². The van der Waals surface area contributed by atoms with Crippen molar-refractivity contribution in [3.63, 3.8) is 0 Å². The van der Waals surface area contributed by atoms with Gasteiger partial charge in [0.25, 0.3) is 0 Å². The summed E-state index contributed by atoms with van der Waals surface area (Å²) in [5.74, 6) is 0. The van der Waals surface area contributed by atoms with Crippen LogP contribution in [0.4, 0.5) is 0 Å². The van der Waals surface area contributed by atoms with Gasteiger partial charge in [-0.2, -0.15) is 0 Å². The summed E-state index contributed by atoms with van der Waals surface area (Å²) < 4.78 is 14.9. The van der Waals surface area contributed by atoms with Crippen molar-refractivity contribution in [2.45, 2.75) is 52.1 Å². The van der Waals surface area contributed by atoms with E-state index in [1.807, 2.05) is 6.92 Å². The van der Waals surface area contributed by atoms with E-state index in [2.05, 4.69) is 6.92 Å². The third-order valence-corrected chi connectivity index (χ3v) is 2.21. The molecular formula is C8H18CoO2P+3. The van der Waals surface area contributed by atoms with Gasteiger partial charge >= 0.3 is 25.5 Å². The quantitative estimate of drug-likeness (QED) is 0.500. The smallest absolute Gasteiger partial charge is 0.145 e. The Morgan fingerprint density at radius 3 is 2.50 bits per heavy atom. The van der Waals surface area contributed by atoms with E-state index in [1.165, 1.54) is 25.7 Å². The predicted octanol–water partition coefficient (Wildman–Crippen LogP) is 3.30. The van der Waals surface area contributed by atoms with Crippen molar-refractivity contribution in [2.75, 3.05) is 0 Å². The zero-order chi connectivity index (χ0) is 8.53. The van der Waals surface area contributed by atoms with Crippen LogP contribution >= 0.6 is 8.69 Å². The zero-order valence-electron chi connectivity index (χ0n) is 7.76. The Bertz CT molecular complexity index is 101. The molecule has 0 aromatic rings. The van der Waals surface area contributed by atoms with Crippen LogP contribution in [0.25, 0.3) is 0 Å². The molecule has 0 bridgehead atoms. The molecule has 4 heteroatoms. The van der Waals surface area contributed by atoms with Crippen molar-refractivity contribution in [3.8, 4) is 0 Å². The molecule has 2 unspecified atom stereocenters. The summed E-state index contributed by atoms with van der Waals surface area (Å²) in [7, 11) is -0.600. The van der Waals surface area contributed by atoms with E-state index in [9.17, 15) is 4.57 Å². The monoisotopic (exact) mass is 236 g/mol. The van der Waals surface area contributed by atoms with Crippen LogP contribution in [0.1, 0.15) is 46.0 Å². The largest absolute Gasteiger partial charge is 2.00 e. The Morgan fingerprint density at radius 1 is 1.33 bits per heavy atom. The number of unbranched alkanes of at least 4 members (excludes halogenated alkanes) is 3. The Hall–Kier alpha value is 0.566. The molecule has 0 aromatic heterocycles. The molecule has 0 saturated heterocycles. The van der Waals surface area contributed by atoms with Crippen LogP contribution in [0, 0.1) is 0 Å². The molecule has 0 N–H and O–H groups in total. The third kappa shape index (κ3) is 10.6. The normalized spacial score (nSPS) is 12.5. The van der Waals surface area contributed by atoms with Crippen molar-refractivity contribution in [2.24, 2.45) is 0 Å². The van der Waals surface area contributed by atoms with Gasteiger partial charge < -0.3 is 0 Å². The summed E-state index contributed by atoms with van der Waals surface area (Å²) in [4.78, 5) is 0. The molecular weight excluding hydrogens is 218 g/mol. The molecule has 0 fully saturated rings. The first-order valence-electron chi connectivity index (χ1n) is 4.34. The Kier molecular flexibility index (Phi) is 14.5. The molecule has 0 aromatic carbocycles. The second kappa shape index (κ2) is 11.6. The van der Waals surface area contributed by atoms with E-state index in [-0.39, 0.29) is 22.9 Å². The van der Waals surface area contributed by atoms with Crippen LogP contribution < -0.4 is 0 Å². The molecule has 2 nitrogen and oxygen atoms in total. The van der Waals surface area contributed by atoms with Gasteiger partial charge in [0.15, 0.2) is 0 Å². The molecule has 0 aliphatic rings. The molecule has 0 spiro atoms. The third-order valence-electron chi connectivity index (χ3n) is 1.71. The maximum Gasteiger partial charge on any atom is 2.00 e. The van der Waals surface area contributed by atoms with Crippen molar-refractivity contribution in [1.29, 1.82) is 0 Å². The minimum atomic E-state index is -0.600. The molecule has 0 amide bonds. The summed E-state index contributed by atoms with van der Waals surface area (Å²) in [5, 5.41) is 0. The first-order valence-corrected chi connectivity index (χ1v) is 5.15. The first-order chi connectivity index (χ1) is 5.31. The van der Waals surface area contributed by atoms with Gasteiger partial charge in [-0.3, -0.25) is 0 Å². The van der Waals surface area contributed by atoms with Crippen LogP contribution in [0.5, 0.6) is 0 Å². The molecule has 0 rings (SSSR count). The SMILES string of the molecule is CCCCCCC(C)O[PH+]=O.[Co+2]. The van der Waals surface area contributed by atoms with Gasteiger partial charge in [-0.1, -0.05) is 32.6 Å². The molecule has 0 heterocycles. The molecule has 0 aliphatic carbocycles. The standard InChI is InChI=1S/C8H18O2P.Co/c1-3-4-5-6-7-8(2)10-11-9;/h8,11H,3-7H2,1-2H3;/q+1;+2. The zero-order valence-corrected chi connectivity index (χ0v) is 9.80. The molecule has 1 radical (unpaired) electrons. The van der Waals surface area contributed by atoms with Gasteiger partial charge in [-0.15, -0.1) is 4.52 Å². The second-order valence-electron chi connectivity index (χ2n) is 2.86. The Balaban J connectivity index is 0. The molecule has 73 valence electrons. The summed E-state index contributed by atoms with van der Waals surface area (Å²) in [6.45, 7) is 4.16. The average molecular weight is 236 g/mol. The van der Waals surface area contributed by atoms with Crippen molar-refractivity contribution in [1.82, 2.24) is 0 Å². The fourth-order valence-electron chi connectivity index (χ4n) is 1.000. The van der Waals surface area contributed by atoms with Crippen LogP contribution in [0.2, 0.25) is 0 Å². The fourth-order valence-corrected chi connectivity index (χ4v) is 1.28. The summed E-state index contributed by atoms with van der Waals surface area (Å²) in [6.07, 6.45) is 6.23. The number of hydrogen-bond acceptors (Lipinski definition) is 2. The topological polar surface area (TPSA) is 26.3 Å². The van der Waals surface area contributed by atoms with Gasteiger partial charge in [-0.05, 0) is 17.9 Å². The Labute approximate surface area is 86.9 Å². The van der Waals surface area contributed by atoms with Crippen LogP contribution in [-0.4, -0.2) is 6.10 Å². The van der Waals surface area contributed by atoms with Gasteiger partial charge in [0, 0.05) is 0 Å². The molecule has 0 aliphatic heterocycles. The average Bonchev–Trinajstić information content (AvgIpc) is 1.99. The van der Waals surface area contributed by atoms with Crippen molar-refractivity contribution < 1.29 is 25.9 Å². The van der Waals surface area contributed by atoms with E-state index in [0.29, 0.717) is 0 Å². The van der Waals surface area contributed by atoms with E-state index in [0.717, 1.165) is 6.42 Å².